The van der Waals surface area contributed by atoms with Crippen LogP contribution in [-0.4, -0.2) is 53.9 Å². The molecule has 0 spiro atoms. The van der Waals surface area contributed by atoms with Gasteiger partial charge in [0.1, 0.15) is 0 Å². The Morgan fingerprint density at radius 3 is 2.59 bits per heavy atom. The smallest absolute Gasteiger partial charge is 0.475 e. The molecule has 1 atom stereocenters. The lowest BCUT2D eigenvalue weighted by atomic mass is 10.2. The van der Waals surface area contributed by atoms with Gasteiger partial charge < -0.3 is 25.5 Å². The van der Waals surface area contributed by atoms with Gasteiger partial charge in [-0.3, -0.25) is 4.79 Å². The van der Waals surface area contributed by atoms with Crippen molar-refractivity contribution in [2.75, 3.05) is 19.8 Å². The minimum atomic E-state index is -5.08. The van der Waals surface area contributed by atoms with Gasteiger partial charge in [0.25, 0.3) is 0 Å². The third-order valence-corrected chi connectivity index (χ3v) is 3.73. The van der Waals surface area contributed by atoms with Crippen LogP contribution < -0.4 is 10.6 Å². The Morgan fingerprint density at radius 2 is 2.00 bits per heavy atom. The van der Waals surface area contributed by atoms with E-state index in [0.717, 1.165) is 24.4 Å². The van der Waals surface area contributed by atoms with Gasteiger partial charge in [0.15, 0.2) is 0 Å². The number of fused-ring (bicyclic) bond motifs is 1. The Morgan fingerprint density at radius 1 is 1.30 bits per heavy atom. The highest BCUT2D eigenvalue weighted by Crippen LogP contribution is 2.14. The predicted octanol–water partition coefficient (Wildman–Crippen LogP) is 1.80. The number of aromatic amines is 1. The van der Waals surface area contributed by atoms with E-state index in [4.69, 9.17) is 14.6 Å². The summed E-state index contributed by atoms with van der Waals surface area (Å²) in [6.45, 7) is 2.69. The summed E-state index contributed by atoms with van der Waals surface area (Å²) >= 11 is 0. The molecule has 0 radical (unpaired) electrons. The zero-order valence-electron chi connectivity index (χ0n) is 14.3. The van der Waals surface area contributed by atoms with Crippen LogP contribution in [0.1, 0.15) is 12.1 Å². The number of amides is 1. The van der Waals surface area contributed by atoms with Crippen LogP contribution in [0, 0.1) is 0 Å². The molecule has 7 nitrogen and oxygen atoms in total. The fourth-order valence-corrected chi connectivity index (χ4v) is 2.47. The maximum absolute atomic E-state index is 11.9. The highest BCUT2D eigenvalue weighted by atomic mass is 19.4. The topological polar surface area (TPSA) is 103 Å². The number of benzene rings is 1. The third-order valence-electron chi connectivity index (χ3n) is 3.73. The molecule has 1 fully saturated rings. The molecule has 10 heteroatoms. The summed E-state index contributed by atoms with van der Waals surface area (Å²) in [6, 6.07) is 10.3. The number of halogens is 3. The highest BCUT2D eigenvalue weighted by molar-refractivity contribution is 5.81. The number of rotatable bonds is 4. The Kier molecular flexibility index (Phi) is 7.19. The molecule has 1 amide bonds. The maximum Gasteiger partial charge on any atom is 0.490 e. The predicted molar refractivity (Wildman–Crippen MR) is 91.1 cm³/mol. The summed E-state index contributed by atoms with van der Waals surface area (Å²) in [7, 11) is 0. The van der Waals surface area contributed by atoms with Gasteiger partial charge in [-0.05, 0) is 17.5 Å². The number of aromatic nitrogens is 1. The van der Waals surface area contributed by atoms with Crippen molar-refractivity contribution in [3.8, 4) is 0 Å². The molecule has 2 aromatic rings. The Balaban J connectivity index is 0.000000321. The molecule has 1 aliphatic heterocycles. The first kappa shape index (κ1) is 20.7. The molecule has 0 bridgehead atoms. The molecule has 1 aliphatic rings. The van der Waals surface area contributed by atoms with E-state index >= 15 is 0 Å². The van der Waals surface area contributed by atoms with Gasteiger partial charge >= 0.3 is 12.1 Å². The lowest BCUT2D eigenvalue weighted by Gasteiger charge is -2.23. The fraction of sp³-hybridized carbons (Fsp3) is 0.412. The molecule has 2 heterocycles. The summed E-state index contributed by atoms with van der Waals surface area (Å²) in [5, 5.41) is 14.5. The van der Waals surface area contributed by atoms with Gasteiger partial charge in [-0.1, -0.05) is 18.2 Å². The maximum atomic E-state index is 11.9. The van der Waals surface area contributed by atoms with Crippen molar-refractivity contribution < 1.29 is 32.6 Å². The average Bonchev–Trinajstić information content (AvgIpc) is 3.03. The van der Waals surface area contributed by atoms with Crippen molar-refractivity contribution in [2.24, 2.45) is 0 Å². The summed E-state index contributed by atoms with van der Waals surface area (Å²) in [5.41, 5.74) is 2.12. The first-order valence-corrected chi connectivity index (χ1v) is 8.20. The van der Waals surface area contributed by atoms with Crippen molar-refractivity contribution in [3.63, 3.8) is 0 Å². The van der Waals surface area contributed by atoms with E-state index in [9.17, 15) is 18.0 Å². The molecule has 1 aromatic heterocycles. The summed E-state index contributed by atoms with van der Waals surface area (Å²) in [6.07, 6.45) is -4.62. The number of alkyl halides is 3. The number of ether oxygens (including phenoxy) is 1. The Hall–Kier alpha value is -2.59. The van der Waals surface area contributed by atoms with Crippen LogP contribution >= 0.6 is 0 Å². The number of aliphatic carboxylic acids is 1. The average molecular weight is 387 g/mol. The van der Waals surface area contributed by atoms with Crippen molar-refractivity contribution in [3.05, 3.63) is 36.0 Å². The third kappa shape index (κ3) is 6.91. The number of carbonyl (C=O) groups excluding carboxylic acids is 1. The quantitative estimate of drug-likeness (QED) is 0.641. The number of nitrogens with one attached hydrogen (secondary N) is 3. The summed E-state index contributed by atoms with van der Waals surface area (Å²) in [5.74, 6) is -2.71. The monoisotopic (exact) mass is 387 g/mol. The molecule has 148 valence electrons. The second kappa shape index (κ2) is 9.38. The number of carboxylic acids is 1. The number of H-pyrrole nitrogens is 1. The molecule has 1 saturated heterocycles. The van der Waals surface area contributed by atoms with Crippen molar-refractivity contribution in [1.29, 1.82) is 0 Å². The van der Waals surface area contributed by atoms with Crippen LogP contribution in [0.15, 0.2) is 30.3 Å². The van der Waals surface area contributed by atoms with E-state index < -0.39 is 12.1 Å². The van der Waals surface area contributed by atoms with E-state index in [0.29, 0.717) is 19.6 Å². The van der Waals surface area contributed by atoms with E-state index in [1.165, 1.54) is 5.39 Å². The van der Waals surface area contributed by atoms with Crippen LogP contribution in [0.2, 0.25) is 0 Å². The molecule has 1 unspecified atom stereocenters. The molecule has 0 saturated carbocycles. The van der Waals surface area contributed by atoms with Crippen molar-refractivity contribution in [2.45, 2.75) is 25.2 Å². The van der Waals surface area contributed by atoms with Crippen LogP contribution in [0.25, 0.3) is 10.9 Å². The van der Waals surface area contributed by atoms with Gasteiger partial charge in [-0.25, -0.2) is 4.79 Å². The SMILES string of the molecule is O=C(CC1COCCN1)NCc1cc2ccccc2[nH]1.O=C(O)C(F)(F)F. The van der Waals surface area contributed by atoms with Gasteiger partial charge in [-0.2, -0.15) is 13.2 Å². The van der Waals surface area contributed by atoms with Crippen LogP contribution in [0.3, 0.4) is 0 Å². The van der Waals surface area contributed by atoms with E-state index in [1.54, 1.807) is 0 Å². The molecule has 0 aliphatic carbocycles. The first-order chi connectivity index (χ1) is 12.8. The molecule has 4 N–H and O–H groups in total. The number of carboxylic acid groups (broad SMARTS) is 1. The normalized spacial score (nSPS) is 17.1. The Bertz CT molecular complexity index is 737. The zero-order valence-corrected chi connectivity index (χ0v) is 14.3. The van der Waals surface area contributed by atoms with Gasteiger partial charge in [0, 0.05) is 30.2 Å². The molecular formula is C17H20F3N3O4. The number of hydrogen-bond acceptors (Lipinski definition) is 4. The van der Waals surface area contributed by atoms with Crippen LogP contribution in [0.4, 0.5) is 13.2 Å². The van der Waals surface area contributed by atoms with Crippen molar-refractivity contribution in [1.82, 2.24) is 15.6 Å². The lowest BCUT2D eigenvalue weighted by Crippen LogP contribution is -2.44. The summed E-state index contributed by atoms with van der Waals surface area (Å²) in [4.78, 5) is 24.1. The molecule has 27 heavy (non-hydrogen) atoms. The minimum Gasteiger partial charge on any atom is -0.475 e. The largest absolute Gasteiger partial charge is 0.490 e. The fourth-order valence-electron chi connectivity index (χ4n) is 2.47. The molecule has 3 rings (SSSR count). The van der Waals surface area contributed by atoms with E-state index in [1.807, 2.05) is 18.2 Å². The van der Waals surface area contributed by atoms with Gasteiger partial charge in [-0.15, -0.1) is 0 Å². The second-order valence-corrected chi connectivity index (χ2v) is 5.89. The van der Waals surface area contributed by atoms with Gasteiger partial charge in [0.05, 0.1) is 19.8 Å². The first-order valence-electron chi connectivity index (χ1n) is 8.20. The molecular weight excluding hydrogens is 367 g/mol. The Labute approximate surface area is 152 Å². The lowest BCUT2D eigenvalue weighted by molar-refractivity contribution is -0.192. The summed E-state index contributed by atoms with van der Waals surface area (Å²) < 4.78 is 37.1. The number of hydrogen-bond donors (Lipinski definition) is 4. The standard InChI is InChI=1S/C15H19N3O2.C2HF3O2/c19-15(8-13-10-20-6-5-16-13)17-9-12-7-11-3-1-2-4-14(11)18-12;3-2(4,5)1(6)7/h1-4,7,13,16,18H,5-6,8-10H2,(H,17,19);(H,6,7). The highest BCUT2D eigenvalue weighted by Gasteiger charge is 2.38. The molecule has 1 aromatic carbocycles. The van der Waals surface area contributed by atoms with E-state index in [2.05, 4.69) is 27.8 Å². The number of para-hydroxylation sites is 1. The second-order valence-electron chi connectivity index (χ2n) is 5.89. The van der Waals surface area contributed by atoms with E-state index in [-0.39, 0.29) is 11.9 Å². The van der Waals surface area contributed by atoms with Crippen LogP contribution in [0.5, 0.6) is 0 Å². The van der Waals surface area contributed by atoms with Crippen molar-refractivity contribution >= 4 is 22.8 Å². The zero-order chi connectivity index (χ0) is 19.9. The van der Waals surface area contributed by atoms with Crippen LogP contribution in [-0.2, 0) is 20.9 Å². The number of carbonyl (C=O) groups is 2. The van der Waals surface area contributed by atoms with Gasteiger partial charge in [0.2, 0.25) is 5.91 Å². The number of morpholine rings is 1. The minimum absolute atomic E-state index is 0.0478.